The normalized spacial score (nSPS) is 13.1. The molecule has 15 nitrogen and oxygen atoms in total. The van der Waals surface area contributed by atoms with E-state index in [9.17, 15) is 33.6 Å². The minimum absolute atomic E-state index is 0.0434. The SMILES string of the molecule is CC(C)CC(NC(=O)CN(C)C(=O)C(C)NC(=O)CNC(=O)C(CC(C)C)N(C)C(=O)CN)C(=O)NCC(N)=O. The summed E-state index contributed by atoms with van der Waals surface area (Å²) in [7, 11) is 2.82. The average Bonchev–Trinajstić information content (AvgIpc) is 2.86. The second kappa shape index (κ2) is 17.8. The van der Waals surface area contributed by atoms with Gasteiger partial charge in [0.25, 0.3) is 0 Å². The molecule has 0 aromatic heterocycles. The number of carbonyl (C=O) groups is 7. The van der Waals surface area contributed by atoms with E-state index < -0.39 is 72.6 Å². The maximum absolute atomic E-state index is 12.7. The Morgan fingerprint density at radius 1 is 0.750 bits per heavy atom. The number of rotatable bonds is 17. The van der Waals surface area contributed by atoms with Gasteiger partial charge in [-0.05, 0) is 31.6 Å². The minimum Gasteiger partial charge on any atom is -0.368 e. The maximum atomic E-state index is 12.7. The van der Waals surface area contributed by atoms with E-state index in [0.29, 0.717) is 12.8 Å². The summed E-state index contributed by atoms with van der Waals surface area (Å²) in [5, 5.41) is 9.83. The smallest absolute Gasteiger partial charge is 0.245 e. The van der Waals surface area contributed by atoms with Crippen LogP contribution in [0.1, 0.15) is 47.5 Å². The number of amides is 7. The van der Waals surface area contributed by atoms with Gasteiger partial charge in [0, 0.05) is 14.1 Å². The molecule has 0 aliphatic heterocycles. The molecule has 0 spiro atoms. The van der Waals surface area contributed by atoms with E-state index in [1.165, 1.54) is 25.9 Å². The monoisotopic (exact) mass is 570 g/mol. The van der Waals surface area contributed by atoms with Crippen molar-refractivity contribution in [2.45, 2.75) is 65.6 Å². The standard InChI is InChI=1S/C25H46N8O7/c1-14(2)8-17(23(38)28-11-19(27)34)31-21(36)13-32(6)25(40)16(5)30-20(35)12-29-24(39)18(9-15(3)4)33(7)22(37)10-26/h14-18H,8-13,26H2,1-7H3,(H2,27,34)(H,28,38)(H,29,39)(H,30,35)(H,31,36). The van der Waals surface area contributed by atoms with Crippen LogP contribution in [0.2, 0.25) is 0 Å². The first-order chi connectivity index (χ1) is 18.5. The summed E-state index contributed by atoms with van der Waals surface area (Å²) in [5.74, 6) is -3.97. The van der Waals surface area contributed by atoms with Gasteiger partial charge in [0.05, 0.1) is 26.2 Å². The van der Waals surface area contributed by atoms with Crippen LogP contribution in [0.4, 0.5) is 0 Å². The van der Waals surface area contributed by atoms with Gasteiger partial charge in [0.1, 0.15) is 18.1 Å². The quantitative estimate of drug-likeness (QED) is 0.106. The van der Waals surface area contributed by atoms with Crippen molar-refractivity contribution in [3.05, 3.63) is 0 Å². The lowest BCUT2D eigenvalue weighted by atomic mass is 10.0. The van der Waals surface area contributed by atoms with Crippen LogP contribution in [0.25, 0.3) is 0 Å². The molecule has 0 aliphatic carbocycles. The summed E-state index contributed by atoms with van der Waals surface area (Å²) in [6, 6.07) is -2.78. The van der Waals surface area contributed by atoms with E-state index in [1.807, 2.05) is 27.7 Å². The van der Waals surface area contributed by atoms with E-state index in [1.54, 1.807) is 0 Å². The number of nitrogens with zero attached hydrogens (tertiary/aromatic N) is 2. The number of nitrogens with two attached hydrogens (primary N) is 2. The molecule has 40 heavy (non-hydrogen) atoms. The van der Waals surface area contributed by atoms with Gasteiger partial charge in [0.2, 0.25) is 41.4 Å². The van der Waals surface area contributed by atoms with Gasteiger partial charge in [0.15, 0.2) is 0 Å². The average molecular weight is 571 g/mol. The second-order valence-electron chi connectivity index (χ2n) is 10.5. The molecular formula is C25H46N8O7. The van der Waals surface area contributed by atoms with E-state index in [0.717, 1.165) is 4.90 Å². The van der Waals surface area contributed by atoms with E-state index in [2.05, 4.69) is 21.3 Å². The predicted octanol–water partition coefficient (Wildman–Crippen LogP) is -2.97. The number of carbonyl (C=O) groups excluding carboxylic acids is 7. The fourth-order valence-corrected chi connectivity index (χ4v) is 3.71. The lowest BCUT2D eigenvalue weighted by Crippen LogP contribution is -2.54. The molecule has 0 fully saturated rings. The zero-order valence-corrected chi connectivity index (χ0v) is 24.5. The number of hydrogen-bond donors (Lipinski definition) is 6. The number of primary amides is 1. The summed E-state index contributed by atoms with van der Waals surface area (Å²) in [6.45, 7) is 7.44. The van der Waals surface area contributed by atoms with Crippen LogP contribution in [0.5, 0.6) is 0 Å². The van der Waals surface area contributed by atoms with Gasteiger partial charge in [-0.15, -0.1) is 0 Å². The van der Waals surface area contributed by atoms with Crippen LogP contribution in [0, 0.1) is 11.8 Å². The topological polar surface area (TPSA) is 226 Å². The Morgan fingerprint density at radius 2 is 1.30 bits per heavy atom. The van der Waals surface area contributed by atoms with Crippen molar-refractivity contribution in [1.82, 2.24) is 31.1 Å². The third-order valence-corrected chi connectivity index (χ3v) is 5.76. The zero-order chi connectivity index (χ0) is 31.2. The van der Waals surface area contributed by atoms with E-state index >= 15 is 0 Å². The van der Waals surface area contributed by atoms with Gasteiger partial charge in [-0.3, -0.25) is 33.6 Å². The van der Waals surface area contributed by atoms with Crippen LogP contribution >= 0.6 is 0 Å². The Bertz CT molecular complexity index is 925. The Labute approximate surface area is 235 Å². The molecule has 3 atom stereocenters. The van der Waals surface area contributed by atoms with Gasteiger partial charge in [-0.2, -0.15) is 0 Å². The van der Waals surface area contributed by atoms with Crippen molar-refractivity contribution < 1.29 is 33.6 Å². The maximum Gasteiger partial charge on any atom is 0.245 e. The lowest BCUT2D eigenvalue weighted by Gasteiger charge is -2.28. The molecule has 0 aromatic carbocycles. The zero-order valence-electron chi connectivity index (χ0n) is 24.5. The summed E-state index contributed by atoms with van der Waals surface area (Å²) in [4.78, 5) is 87.9. The molecule has 0 radical (unpaired) electrons. The molecule has 0 rings (SSSR count). The van der Waals surface area contributed by atoms with Gasteiger partial charge >= 0.3 is 0 Å². The first kappa shape index (κ1) is 36.2. The van der Waals surface area contributed by atoms with Crippen LogP contribution in [-0.4, -0.2) is 110 Å². The molecule has 0 aromatic rings. The van der Waals surface area contributed by atoms with Crippen LogP contribution in [0.3, 0.4) is 0 Å². The third-order valence-electron chi connectivity index (χ3n) is 5.76. The van der Waals surface area contributed by atoms with Crippen molar-refractivity contribution in [2.24, 2.45) is 23.3 Å². The third kappa shape index (κ3) is 13.9. The number of nitrogens with one attached hydrogen (secondary N) is 4. The summed E-state index contributed by atoms with van der Waals surface area (Å²) in [6.07, 6.45) is 0.655. The Kier molecular flexibility index (Phi) is 16.1. The molecule has 0 heterocycles. The largest absolute Gasteiger partial charge is 0.368 e. The molecule has 228 valence electrons. The highest BCUT2D eigenvalue weighted by atomic mass is 16.2. The summed E-state index contributed by atoms with van der Waals surface area (Å²) < 4.78 is 0. The first-order valence-electron chi connectivity index (χ1n) is 13.1. The van der Waals surface area contributed by atoms with Gasteiger partial charge in [-0.1, -0.05) is 27.7 Å². The summed E-state index contributed by atoms with van der Waals surface area (Å²) in [5.41, 5.74) is 10.4. The highest BCUT2D eigenvalue weighted by molar-refractivity contribution is 5.94. The van der Waals surface area contributed by atoms with Crippen LogP contribution in [0.15, 0.2) is 0 Å². The molecule has 0 saturated heterocycles. The van der Waals surface area contributed by atoms with Crippen molar-refractivity contribution >= 4 is 41.4 Å². The fraction of sp³-hybridized carbons (Fsp3) is 0.720. The molecule has 0 bridgehead atoms. The van der Waals surface area contributed by atoms with Crippen molar-refractivity contribution in [1.29, 1.82) is 0 Å². The molecule has 7 amide bonds. The highest BCUT2D eigenvalue weighted by Crippen LogP contribution is 2.11. The molecule has 0 aliphatic rings. The second-order valence-corrected chi connectivity index (χ2v) is 10.5. The fourth-order valence-electron chi connectivity index (χ4n) is 3.71. The molecule has 15 heteroatoms. The highest BCUT2D eigenvalue weighted by Gasteiger charge is 2.28. The van der Waals surface area contributed by atoms with Crippen molar-refractivity contribution in [2.75, 3.05) is 40.3 Å². The molecule has 3 unspecified atom stereocenters. The Morgan fingerprint density at radius 3 is 1.80 bits per heavy atom. The van der Waals surface area contributed by atoms with Crippen molar-refractivity contribution in [3.8, 4) is 0 Å². The Balaban J connectivity index is 4.98. The van der Waals surface area contributed by atoms with Gasteiger partial charge < -0.3 is 42.5 Å². The van der Waals surface area contributed by atoms with Crippen LogP contribution < -0.4 is 32.7 Å². The van der Waals surface area contributed by atoms with E-state index in [4.69, 9.17) is 11.5 Å². The Hall–Kier alpha value is -3.75. The van der Waals surface area contributed by atoms with Crippen LogP contribution in [-0.2, 0) is 33.6 Å². The predicted molar refractivity (Wildman–Crippen MR) is 147 cm³/mol. The minimum atomic E-state index is -1.03. The molecule has 0 saturated carbocycles. The van der Waals surface area contributed by atoms with Gasteiger partial charge in [-0.25, -0.2) is 0 Å². The van der Waals surface area contributed by atoms with Crippen molar-refractivity contribution in [3.63, 3.8) is 0 Å². The first-order valence-corrected chi connectivity index (χ1v) is 13.1. The molecule has 8 N–H and O–H groups in total. The molecular weight excluding hydrogens is 524 g/mol. The number of likely N-dealkylation sites (N-methyl/N-ethyl adjacent to an activating group) is 2. The number of hydrogen-bond acceptors (Lipinski definition) is 8. The lowest BCUT2D eigenvalue weighted by molar-refractivity contribution is -0.139. The summed E-state index contributed by atoms with van der Waals surface area (Å²) >= 11 is 0. The van der Waals surface area contributed by atoms with E-state index in [-0.39, 0.29) is 24.9 Å².